The van der Waals surface area contributed by atoms with Gasteiger partial charge in [0.25, 0.3) is 0 Å². The molecular weight excluding hydrogens is 362 g/mol. The number of halogens is 6. The second kappa shape index (κ2) is 6.04. The largest absolute Gasteiger partial charge is 0.417 e. The highest BCUT2D eigenvalue weighted by molar-refractivity contribution is 5.70. The quantitative estimate of drug-likeness (QED) is 0.638. The third-order valence-electron chi connectivity index (χ3n) is 3.58. The molecule has 0 bridgehead atoms. The van der Waals surface area contributed by atoms with Crippen LogP contribution < -0.4 is 5.73 Å². The predicted octanol–water partition coefficient (Wildman–Crippen LogP) is 4.76. The van der Waals surface area contributed by atoms with Crippen LogP contribution in [-0.4, -0.2) is 15.0 Å². The van der Waals surface area contributed by atoms with E-state index in [-0.39, 0.29) is 11.6 Å². The van der Waals surface area contributed by atoms with Gasteiger partial charge in [0.15, 0.2) is 0 Å². The molecule has 1 aromatic carbocycles. The van der Waals surface area contributed by atoms with Crippen molar-refractivity contribution in [2.45, 2.75) is 12.4 Å². The van der Waals surface area contributed by atoms with Gasteiger partial charge in [0.05, 0.1) is 22.5 Å². The summed E-state index contributed by atoms with van der Waals surface area (Å²) in [5.41, 5.74) is 2.94. The maximum Gasteiger partial charge on any atom is 0.417 e. The molecule has 0 saturated carbocycles. The second-order valence-corrected chi connectivity index (χ2v) is 5.34. The molecule has 3 N–H and O–H groups in total. The number of anilines is 1. The van der Waals surface area contributed by atoms with Crippen LogP contribution in [0.2, 0.25) is 0 Å². The lowest BCUT2D eigenvalue weighted by Crippen LogP contribution is -2.11. The first-order valence-electron chi connectivity index (χ1n) is 7.12. The van der Waals surface area contributed by atoms with Gasteiger partial charge < -0.3 is 10.7 Å². The minimum atomic E-state index is -4.82. The number of nitrogens with two attached hydrogens (primary N) is 1. The van der Waals surface area contributed by atoms with E-state index >= 15 is 0 Å². The zero-order chi connectivity index (χ0) is 19.1. The number of rotatable bonds is 2. The van der Waals surface area contributed by atoms with Gasteiger partial charge in [0.1, 0.15) is 0 Å². The van der Waals surface area contributed by atoms with Gasteiger partial charge in [-0.05, 0) is 36.4 Å². The average Bonchev–Trinajstić information content (AvgIpc) is 3.02. The van der Waals surface area contributed by atoms with Gasteiger partial charge in [-0.25, -0.2) is 9.97 Å². The van der Waals surface area contributed by atoms with E-state index in [1.54, 1.807) is 0 Å². The van der Waals surface area contributed by atoms with Crippen LogP contribution in [0.1, 0.15) is 11.1 Å². The van der Waals surface area contributed by atoms with E-state index in [2.05, 4.69) is 15.0 Å². The summed E-state index contributed by atoms with van der Waals surface area (Å²) in [6.45, 7) is 0. The molecular formula is C16H10F6N4. The molecule has 0 radical (unpaired) electrons. The van der Waals surface area contributed by atoms with E-state index in [4.69, 9.17) is 5.73 Å². The van der Waals surface area contributed by atoms with Crippen molar-refractivity contribution in [1.29, 1.82) is 0 Å². The number of benzene rings is 1. The fourth-order valence-electron chi connectivity index (χ4n) is 2.42. The fraction of sp³-hybridized carbons (Fsp3) is 0.125. The summed E-state index contributed by atoms with van der Waals surface area (Å²) in [7, 11) is 0. The molecule has 0 fully saturated rings. The summed E-state index contributed by atoms with van der Waals surface area (Å²) < 4.78 is 78.4. The number of H-pyrrole nitrogens is 1. The number of nitrogens with zero attached hydrogens (tertiary/aromatic N) is 2. The van der Waals surface area contributed by atoms with Crippen molar-refractivity contribution in [3.05, 3.63) is 53.7 Å². The van der Waals surface area contributed by atoms with Crippen molar-refractivity contribution >= 4 is 5.95 Å². The van der Waals surface area contributed by atoms with Crippen LogP contribution in [0.3, 0.4) is 0 Å². The van der Waals surface area contributed by atoms with E-state index in [1.165, 1.54) is 24.4 Å². The summed E-state index contributed by atoms with van der Waals surface area (Å²) in [6.07, 6.45) is -8.23. The molecule has 10 heteroatoms. The molecule has 0 aliphatic heterocycles. The third kappa shape index (κ3) is 3.48. The molecule has 2 aromatic heterocycles. The summed E-state index contributed by atoms with van der Waals surface area (Å²) in [5, 5.41) is 0. The molecule has 3 aromatic rings. The van der Waals surface area contributed by atoms with Crippen LogP contribution >= 0.6 is 0 Å². The Morgan fingerprint density at radius 2 is 1.54 bits per heavy atom. The molecule has 0 amide bonds. The third-order valence-corrected chi connectivity index (χ3v) is 3.58. The van der Waals surface area contributed by atoms with Crippen molar-refractivity contribution in [2.24, 2.45) is 0 Å². The maximum absolute atomic E-state index is 13.2. The Labute approximate surface area is 142 Å². The summed E-state index contributed by atoms with van der Waals surface area (Å²) >= 11 is 0. The SMILES string of the molecule is Nc1nccc(-c2ccc(-c3cc(C(F)(F)F)ccc3C(F)(F)F)[nH]2)n1. The normalized spacial score (nSPS) is 12.4. The van der Waals surface area contributed by atoms with E-state index < -0.39 is 29.0 Å². The summed E-state index contributed by atoms with van der Waals surface area (Å²) in [5.74, 6) is -0.0475. The van der Waals surface area contributed by atoms with Gasteiger partial charge in [0, 0.05) is 17.5 Å². The van der Waals surface area contributed by atoms with Crippen LogP contribution in [0.5, 0.6) is 0 Å². The van der Waals surface area contributed by atoms with Crippen LogP contribution in [0, 0.1) is 0 Å². The van der Waals surface area contributed by atoms with Crippen LogP contribution in [0.4, 0.5) is 32.3 Å². The van der Waals surface area contributed by atoms with Crippen molar-refractivity contribution in [3.63, 3.8) is 0 Å². The second-order valence-electron chi connectivity index (χ2n) is 5.34. The lowest BCUT2D eigenvalue weighted by Gasteiger charge is -2.15. The van der Waals surface area contributed by atoms with Crippen molar-refractivity contribution in [2.75, 3.05) is 5.73 Å². The number of aromatic nitrogens is 3. The molecule has 0 unspecified atom stereocenters. The zero-order valence-corrected chi connectivity index (χ0v) is 12.8. The standard InChI is InChI=1S/C16H10F6N4/c17-15(18,19)8-1-2-10(16(20,21)22)9(7-8)11-3-4-12(25-11)13-5-6-24-14(23)26-13/h1-7,25H,(H2,23,24,26). The number of nitrogens with one attached hydrogen (secondary N) is 1. The molecule has 2 heterocycles. The highest BCUT2D eigenvalue weighted by Crippen LogP contribution is 2.40. The lowest BCUT2D eigenvalue weighted by atomic mass is 10.0. The molecule has 0 aliphatic carbocycles. The predicted molar refractivity (Wildman–Crippen MR) is 81.7 cm³/mol. The molecule has 26 heavy (non-hydrogen) atoms. The monoisotopic (exact) mass is 372 g/mol. The first kappa shape index (κ1) is 17.8. The van der Waals surface area contributed by atoms with Crippen LogP contribution in [0.25, 0.3) is 22.6 Å². The van der Waals surface area contributed by atoms with Gasteiger partial charge >= 0.3 is 12.4 Å². The Morgan fingerprint density at radius 1 is 0.846 bits per heavy atom. The lowest BCUT2D eigenvalue weighted by molar-refractivity contribution is -0.141. The molecule has 0 saturated heterocycles. The highest BCUT2D eigenvalue weighted by Gasteiger charge is 2.37. The van der Waals surface area contributed by atoms with E-state index in [9.17, 15) is 26.3 Å². The first-order chi connectivity index (χ1) is 12.1. The minimum absolute atomic E-state index is 0.0475. The molecule has 0 aliphatic rings. The molecule has 4 nitrogen and oxygen atoms in total. The Morgan fingerprint density at radius 3 is 2.15 bits per heavy atom. The highest BCUT2D eigenvalue weighted by atomic mass is 19.4. The smallest absolute Gasteiger partial charge is 0.368 e. The molecule has 136 valence electrons. The molecule has 3 rings (SSSR count). The maximum atomic E-state index is 13.2. The fourth-order valence-corrected chi connectivity index (χ4v) is 2.42. The van der Waals surface area contributed by atoms with Gasteiger partial charge in [0.2, 0.25) is 5.95 Å². The van der Waals surface area contributed by atoms with Crippen LogP contribution in [-0.2, 0) is 12.4 Å². The first-order valence-corrected chi connectivity index (χ1v) is 7.12. The Hall–Kier alpha value is -3.04. The van der Waals surface area contributed by atoms with Crippen molar-refractivity contribution < 1.29 is 26.3 Å². The van der Waals surface area contributed by atoms with Gasteiger partial charge in [-0.15, -0.1) is 0 Å². The van der Waals surface area contributed by atoms with Gasteiger partial charge in [-0.1, -0.05) is 0 Å². The Bertz CT molecular complexity index is 942. The number of hydrogen-bond acceptors (Lipinski definition) is 3. The van der Waals surface area contributed by atoms with E-state index in [0.717, 1.165) is 0 Å². The van der Waals surface area contributed by atoms with E-state index in [0.29, 0.717) is 29.6 Å². The number of nitrogen functional groups attached to an aromatic ring is 1. The van der Waals surface area contributed by atoms with Crippen LogP contribution in [0.15, 0.2) is 42.6 Å². The van der Waals surface area contributed by atoms with E-state index in [1.807, 2.05) is 0 Å². The average molecular weight is 372 g/mol. The van der Waals surface area contributed by atoms with Gasteiger partial charge in [-0.2, -0.15) is 26.3 Å². The minimum Gasteiger partial charge on any atom is -0.368 e. The summed E-state index contributed by atoms with van der Waals surface area (Å²) in [4.78, 5) is 10.3. The topological polar surface area (TPSA) is 67.6 Å². The zero-order valence-electron chi connectivity index (χ0n) is 12.8. The van der Waals surface area contributed by atoms with Gasteiger partial charge in [-0.3, -0.25) is 0 Å². The van der Waals surface area contributed by atoms with Crippen molar-refractivity contribution in [3.8, 4) is 22.6 Å². The number of hydrogen-bond donors (Lipinski definition) is 2. The Balaban J connectivity index is 2.13. The van der Waals surface area contributed by atoms with Crippen molar-refractivity contribution in [1.82, 2.24) is 15.0 Å². The molecule has 0 atom stereocenters. The number of alkyl halides is 6. The summed E-state index contributed by atoms with van der Waals surface area (Å²) in [6, 6.07) is 5.40. The Kier molecular flexibility index (Phi) is 4.13. The molecule has 0 spiro atoms. The number of aromatic amines is 1.